The highest BCUT2D eigenvalue weighted by Gasteiger charge is 2.14. The number of ether oxygens (including phenoxy) is 1. The molecule has 20 heavy (non-hydrogen) atoms. The number of hydrogen-bond donors (Lipinski definition) is 1. The minimum atomic E-state index is -0.516. The van der Waals surface area contributed by atoms with Crippen LogP contribution in [0.2, 0.25) is 0 Å². The zero-order valence-corrected chi connectivity index (χ0v) is 13.2. The van der Waals surface area contributed by atoms with Gasteiger partial charge in [-0.05, 0) is 52.2 Å². The van der Waals surface area contributed by atoms with Crippen LogP contribution in [0.15, 0.2) is 40.9 Å². The van der Waals surface area contributed by atoms with Crippen molar-refractivity contribution in [2.75, 3.05) is 0 Å². The molecule has 0 radical (unpaired) electrons. The van der Waals surface area contributed by atoms with Gasteiger partial charge in [0.25, 0.3) is 0 Å². The van der Waals surface area contributed by atoms with Crippen molar-refractivity contribution in [3.8, 4) is 11.5 Å². The fourth-order valence-corrected chi connectivity index (χ4v) is 2.60. The third-order valence-electron chi connectivity index (χ3n) is 2.85. The Balaban J connectivity index is 2.34. The normalized spacial score (nSPS) is 10.3. The van der Waals surface area contributed by atoms with Crippen LogP contribution < -0.4 is 10.5 Å². The summed E-state index contributed by atoms with van der Waals surface area (Å²) in [5.74, 6) is 0.209. The van der Waals surface area contributed by atoms with E-state index in [1.54, 1.807) is 12.1 Å². The van der Waals surface area contributed by atoms with Crippen molar-refractivity contribution in [2.24, 2.45) is 5.73 Å². The molecule has 5 heteroatoms. The molecule has 0 aliphatic carbocycles. The first-order valence-corrected chi connectivity index (χ1v) is 7.27. The van der Waals surface area contributed by atoms with Gasteiger partial charge in [-0.1, -0.05) is 31.3 Å². The maximum absolute atomic E-state index is 14.2. The summed E-state index contributed by atoms with van der Waals surface area (Å²) in [6, 6.07) is 10.7. The Bertz CT molecular complexity index is 660. The molecule has 0 bridgehead atoms. The van der Waals surface area contributed by atoms with Gasteiger partial charge in [-0.25, -0.2) is 4.39 Å². The molecule has 0 saturated carbocycles. The predicted molar refractivity (Wildman–Crippen MR) is 85.9 cm³/mol. The van der Waals surface area contributed by atoms with Gasteiger partial charge in [0.1, 0.15) is 10.7 Å². The van der Waals surface area contributed by atoms with Gasteiger partial charge in [-0.15, -0.1) is 0 Å². The van der Waals surface area contributed by atoms with E-state index in [0.29, 0.717) is 11.3 Å². The van der Waals surface area contributed by atoms with Gasteiger partial charge < -0.3 is 10.5 Å². The van der Waals surface area contributed by atoms with Crippen LogP contribution in [0, 0.1) is 5.82 Å². The van der Waals surface area contributed by atoms with Crippen LogP contribution in [0.25, 0.3) is 0 Å². The fourth-order valence-electron chi connectivity index (χ4n) is 1.76. The van der Waals surface area contributed by atoms with Gasteiger partial charge in [-0.2, -0.15) is 0 Å². The molecule has 0 spiro atoms. The SMILES string of the molecule is CCc1cccc(Oc2ccc(C(N)=S)c(Br)c2F)c1. The topological polar surface area (TPSA) is 35.2 Å². The number of nitrogens with two attached hydrogens (primary N) is 1. The summed E-state index contributed by atoms with van der Waals surface area (Å²) in [5.41, 5.74) is 7.10. The highest BCUT2D eigenvalue weighted by Crippen LogP contribution is 2.32. The maximum atomic E-state index is 14.2. The number of thiocarbonyl (C=S) groups is 1. The zero-order valence-electron chi connectivity index (χ0n) is 10.8. The first kappa shape index (κ1) is 14.9. The lowest BCUT2D eigenvalue weighted by atomic mass is 10.1. The first-order valence-electron chi connectivity index (χ1n) is 6.07. The van der Waals surface area contributed by atoms with Crippen molar-refractivity contribution >= 4 is 33.1 Å². The molecule has 0 fully saturated rings. The summed E-state index contributed by atoms with van der Waals surface area (Å²) in [4.78, 5) is 0.135. The third-order valence-corrected chi connectivity index (χ3v) is 3.84. The number of benzene rings is 2. The van der Waals surface area contributed by atoms with Crippen LogP contribution in [0.5, 0.6) is 11.5 Å². The molecule has 2 nitrogen and oxygen atoms in total. The molecule has 0 saturated heterocycles. The molecule has 104 valence electrons. The Hall–Kier alpha value is -1.46. The van der Waals surface area contributed by atoms with Crippen molar-refractivity contribution in [3.63, 3.8) is 0 Å². The van der Waals surface area contributed by atoms with Crippen LogP contribution in [-0.4, -0.2) is 4.99 Å². The lowest BCUT2D eigenvalue weighted by Gasteiger charge is -2.11. The second kappa shape index (κ2) is 6.33. The van der Waals surface area contributed by atoms with Crippen molar-refractivity contribution in [1.82, 2.24) is 0 Å². The van der Waals surface area contributed by atoms with Crippen molar-refractivity contribution in [2.45, 2.75) is 13.3 Å². The van der Waals surface area contributed by atoms with Crippen LogP contribution in [0.3, 0.4) is 0 Å². The summed E-state index contributed by atoms with van der Waals surface area (Å²) < 4.78 is 20.0. The smallest absolute Gasteiger partial charge is 0.180 e. The molecule has 2 rings (SSSR count). The monoisotopic (exact) mass is 353 g/mol. The summed E-state index contributed by atoms with van der Waals surface area (Å²) in [5, 5.41) is 0. The zero-order chi connectivity index (χ0) is 14.7. The lowest BCUT2D eigenvalue weighted by molar-refractivity contribution is 0.440. The number of rotatable bonds is 4. The van der Waals surface area contributed by atoms with Gasteiger partial charge in [0.2, 0.25) is 0 Å². The Morgan fingerprint density at radius 2 is 2.10 bits per heavy atom. The minimum absolute atomic E-state index is 0.130. The quantitative estimate of drug-likeness (QED) is 0.817. The van der Waals surface area contributed by atoms with E-state index in [-0.39, 0.29) is 15.2 Å². The highest BCUT2D eigenvalue weighted by atomic mass is 79.9. The number of halogens is 2. The standard InChI is InChI=1S/C15H13BrFNOS/c1-2-9-4-3-5-10(8-9)19-12-7-6-11(15(18)20)13(16)14(12)17/h3-8H,2H2,1H3,(H2,18,20). The number of hydrogen-bond acceptors (Lipinski definition) is 2. The summed E-state index contributed by atoms with van der Waals surface area (Å²) in [7, 11) is 0. The molecule has 0 amide bonds. The van der Waals surface area contributed by atoms with E-state index < -0.39 is 5.82 Å². The molecule has 2 N–H and O–H groups in total. The molecular weight excluding hydrogens is 341 g/mol. The Labute approximate surface area is 130 Å². The van der Waals surface area contributed by atoms with Crippen LogP contribution in [0.4, 0.5) is 4.39 Å². The fraction of sp³-hybridized carbons (Fsp3) is 0.133. The van der Waals surface area contributed by atoms with E-state index in [1.165, 1.54) is 6.07 Å². The van der Waals surface area contributed by atoms with Crippen LogP contribution >= 0.6 is 28.1 Å². The second-order valence-electron chi connectivity index (χ2n) is 4.21. The van der Waals surface area contributed by atoms with Crippen LogP contribution in [0.1, 0.15) is 18.1 Å². The molecule has 0 aliphatic heterocycles. The van der Waals surface area contributed by atoms with Gasteiger partial charge in [0.05, 0.1) is 4.47 Å². The second-order valence-corrected chi connectivity index (χ2v) is 5.44. The van der Waals surface area contributed by atoms with Gasteiger partial charge in [-0.3, -0.25) is 0 Å². The molecular formula is C15H13BrFNOS. The molecule has 0 aliphatic rings. The minimum Gasteiger partial charge on any atom is -0.454 e. The van der Waals surface area contributed by atoms with E-state index in [2.05, 4.69) is 15.9 Å². The van der Waals surface area contributed by atoms with Crippen molar-refractivity contribution in [3.05, 3.63) is 57.8 Å². The molecule has 2 aromatic rings. The highest BCUT2D eigenvalue weighted by molar-refractivity contribution is 9.10. The summed E-state index contributed by atoms with van der Waals surface area (Å²) in [6.45, 7) is 2.05. The van der Waals surface area contributed by atoms with Gasteiger partial charge >= 0.3 is 0 Å². The van der Waals surface area contributed by atoms with E-state index in [1.807, 2.05) is 25.1 Å². The summed E-state index contributed by atoms with van der Waals surface area (Å²) in [6.07, 6.45) is 0.893. The largest absolute Gasteiger partial charge is 0.454 e. The van der Waals surface area contributed by atoms with Gasteiger partial charge in [0.15, 0.2) is 11.6 Å². The molecule has 0 heterocycles. The van der Waals surface area contributed by atoms with E-state index in [4.69, 9.17) is 22.7 Å². The molecule has 0 aromatic heterocycles. The van der Waals surface area contributed by atoms with E-state index >= 15 is 0 Å². The summed E-state index contributed by atoms with van der Waals surface area (Å²) >= 11 is 8.01. The first-order chi connectivity index (χ1) is 9.52. The maximum Gasteiger partial charge on any atom is 0.180 e. The Morgan fingerprint density at radius 1 is 1.35 bits per heavy atom. The van der Waals surface area contributed by atoms with Crippen molar-refractivity contribution < 1.29 is 9.13 Å². The average Bonchev–Trinajstić information content (AvgIpc) is 2.44. The molecule has 0 atom stereocenters. The average molecular weight is 354 g/mol. The van der Waals surface area contributed by atoms with Gasteiger partial charge in [0, 0.05) is 5.56 Å². The Kier molecular flexibility index (Phi) is 4.73. The van der Waals surface area contributed by atoms with E-state index in [0.717, 1.165) is 12.0 Å². The predicted octanol–water partition coefficient (Wildman–Crippen LogP) is 4.58. The Morgan fingerprint density at radius 3 is 2.75 bits per heavy atom. The van der Waals surface area contributed by atoms with Crippen molar-refractivity contribution in [1.29, 1.82) is 0 Å². The lowest BCUT2D eigenvalue weighted by Crippen LogP contribution is -2.11. The van der Waals surface area contributed by atoms with E-state index in [9.17, 15) is 4.39 Å². The number of aryl methyl sites for hydroxylation is 1. The molecule has 2 aromatic carbocycles. The molecule has 0 unspecified atom stereocenters. The van der Waals surface area contributed by atoms with Crippen LogP contribution in [-0.2, 0) is 6.42 Å². The third kappa shape index (κ3) is 3.16.